The van der Waals surface area contributed by atoms with Crippen LogP contribution in [0.3, 0.4) is 0 Å². The maximum atomic E-state index is 12.6. The molecule has 0 radical (unpaired) electrons. The van der Waals surface area contributed by atoms with Gasteiger partial charge in [-0.2, -0.15) is 0 Å². The Balaban J connectivity index is 2.40. The summed E-state index contributed by atoms with van der Waals surface area (Å²) in [6.07, 6.45) is 1.00. The number of hydrogen-bond donors (Lipinski definition) is 0. The highest BCUT2D eigenvalue weighted by Crippen LogP contribution is 2.18. The average Bonchev–Trinajstić information content (AvgIpc) is 2.30. The number of hydrogen-bond acceptors (Lipinski definition) is 2. The van der Waals surface area contributed by atoms with Gasteiger partial charge in [-0.1, -0.05) is 23.7 Å². The fourth-order valence-corrected chi connectivity index (χ4v) is 1.52. The molecule has 1 heterocycles. The second-order valence-corrected chi connectivity index (χ2v) is 3.58. The summed E-state index contributed by atoms with van der Waals surface area (Å²) >= 11 is 5.88. The highest BCUT2D eigenvalue weighted by molar-refractivity contribution is 6.34. The minimum atomic E-state index is -0.476. The number of halogens is 2. The van der Waals surface area contributed by atoms with Crippen LogP contribution in [0.5, 0.6) is 0 Å². The van der Waals surface area contributed by atoms with Crippen molar-refractivity contribution < 1.29 is 9.18 Å². The van der Waals surface area contributed by atoms with Gasteiger partial charge in [0.05, 0.1) is 11.2 Å². The average molecular weight is 236 g/mol. The second-order valence-electron chi connectivity index (χ2n) is 3.17. The second kappa shape index (κ2) is 4.41. The molecule has 0 spiro atoms. The van der Waals surface area contributed by atoms with Gasteiger partial charge >= 0.3 is 0 Å². The fraction of sp³-hybridized carbons (Fsp3) is 0. The monoisotopic (exact) mass is 235 g/mol. The predicted molar refractivity (Wildman–Crippen MR) is 59.1 cm³/mol. The molecule has 2 nitrogen and oxygen atoms in total. The summed E-state index contributed by atoms with van der Waals surface area (Å²) in [4.78, 5) is 15.6. The first kappa shape index (κ1) is 10.8. The van der Waals surface area contributed by atoms with E-state index in [1.807, 2.05) is 0 Å². The minimum Gasteiger partial charge on any atom is -0.287 e. The molecular formula is C12H7ClFNO. The number of aromatic nitrogens is 1. The fourth-order valence-electron chi connectivity index (χ4n) is 1.29. The van der Waals surface area contributed by atoms with Crippen molar-refractivity contribution in [3.8, 4) is 0 Å². The van der Waals surface area contributed by atoms with E-state index < -0.39 is 5.82 Å². The van der Waals surface area contributed by atoms with Crippen LogP contribution in [0.25, 0.3) is 0 Å². The number of ketones is 1. The Morgan fingerprint density at radius 3 is 2.56 bits per heavy atom. The van der Waals surface area contributed by atoms with E-state index in [-0.39, 0.29) is 11.5 Å². The molecule has 0 atom stereocenters. The maximum Gasteiger partial charge on any atom is 0.212 e. The number of pyridine rings is 1. The van der Waals surface area contributed by atoms with E-state index in [0.29, 0.717) is 10.6 Å². The molecule has 0 aliphatic rings. The maximum absolute atomic E-state index is 12.6. The van der Waals surface area contributed by atoms with Crippen molar-refractivity contribution in [2.45, 2.75) is 0 Å². The molecule has 0 aliphatic heterocycles. The van der Waals surface area contributed by atoms with Gasteiger partial charge in [0.1, 0.15) is 11.5 Å². The molecule has 4 heteroatoms. The topological polar surface area (TPSA) is 30.0 Å². The number of benzene rings is 1. The lowest BCUT2D eigenvalue weighted by Crippen LogP contribution is -2.04. The molecule has 0 aliphatic carbocycles. The molecule has 0 fully saturated rings. The molecular weight excluding hydrogens is 229 g/mol. The normalized spacial score (nSPS) is 10.1. The molecule has 16 heavy (non-hydrogen) atoms. The van der Waals surface area contributed by atoms with E-state index in [4.69, 9.17) is 11.6 Å². The summed E-state index contributed by atoms with van der Waals surface area (Å²) in [5.74, 6) is -0.790. The summed E-state index contributed by atoms with van der Waals surface area (Å²) in [7, 11) is 0. The van der Waals surface area contributed by atoms with Crippen LogP contribution in [-0.4, -0.2) is 10.8 Å². The third-order valence-electron chi connectivity index (χ3n) is 2.08. The van der Waals surface area contributed by atoms with Gasteiger partial charge in [-0.15, -0.1) is 0 Å². The Hall–Kier alpha value is -1.74. The lowest BCUT2D eigenvalue weighted by molar-refractivity contribution is 0.103. The van der Waals surface area contributed by atoms with E-state index in [2.05, 4.69) is 4.98 Å². The first-order valence-electron chi connectivity index (χ1n) is 4.59. The number of rotatable bonds is 2. The van der Waals surface area contributed by atoms with Crippen LogP contribution in [0.1, 0.15) is 16.1 Å². The van der Waals surface area contributed by atoms with Crippen molar-refractivity contribution in [2.75, 3.05) is 0 Å². The van der Waals surface area contributed by atoms with Crippen LogP contribution in [0.15, 0.2) is 42.6 Å². The van der Waals surface area contributed by atoms with Gasteiger partial charge < -0.3 is 0 Å². The lowest BCUT2D eigenvalue weighted by atomic mass is 10.1. The first-order chi connectivity index (χ1) is 7.68. The van der Waals surface area contributed by atoms with Gasteiger partial charge in [-0.25, -0.2) is 9.37 Å². The van der Waals surface area contributed by atoms with Crippen molar-refractivity contribution in [2.24, 2.45) is 0 Å². The third-order valence-corrected chi connectivity index (χ3v) is 2.41. The van der Waals surface area contributed by atoms with E-state index in [0.717, 1.165) is 6.20 Å². The Kier molecular flexibility index (Phi) is 2.97. The summed E-state index contributed by atoms with van der Waals surface area (Å²) in [5, 5.41) is 0.360. The minimum absolute atomic E-state index is 0.175. The molecule has 2 aromatic rings. The van der Waals surface area contributed by atoms with Crippen molar-refractivity contribution in [3.63, 3.8) is 0 Å². The van der Waals surface area contributed by atoms with Gasteiger partial charge in [0.2, 0.25) is 5.78 Å². The summed E-state index contributed by atoms with van der Waals surface area (Å²) in [5.41, 5.74) is 0.540. The van der Waals surface area contributed by atoms with Crippen LogP contribution >= 0.6 is 11.6 Å². The van der Waals surface area contributed by atoms with E-state index in [1.54, 1.807) is 24.3 Å². The van der Waals surface area contributed by atoms with Gasteiger partial charge in [0, 0.05) is 5.56 Å². The van der Waals surface area contributed by atoms with Gasteiger partial charge in [-0.3, -0.25) is 4.79 Å². The molecule has 80 valence electrons. The highest BCUT2D eigenvalue weighted by atomic mass is 35.5. The smallest absolute Gasteiger partial charge is 0.212 e. The largest absolute Gasteiger partial charge is 0.287 e. The molecule has 1 aromatic carbocycles. The highest BCUT2D eigenvalue weighted by Gasteiger charge is 2.13. The molecule has 0 N–H and O–H groups in total. The van der Waals surface area contributed by atoms with E-state index in [1.165, 1.54) is 12.1 Å². The van der Waals surface area contributed by atoms with Crippen LogP contribution in [0.2, 0.25) is 5.02 Å². The Labute approximate surface area is 96.7 Å². The number of nitrogens with zero attached hydrogens (tertiary/aromatic N) is 1. The Morgan fingerprint density at radius 2 is 1.94 bits per heavy atom. The van der Waals surface area contributed by atoms with Crippen LogP contribution in [0.4, 0.5) is 4.39 Å². The van der Waals surface area contributed by atoms with E-state index >= 15 is 0 Å². The van der Waals surface area contributed by atoms with E-state index in [9.17, 15) is 9.18 Å². The van der Waals surface area contributed by atoms with Gasteiger partial charge in [-0.05, 0) is 24.3 Å². The molecule has 0 bridgehead atoms. The van der Waals surface area contributed by atoms with Crippen molar-refractivity contribution >= 4 is 17.4 Å². The quantitative estimate of drug-likeness (QED) is 0.749. The van der Waals surface area contributed by atoms with Gasteiger partial charge in [0.25, 0.3) is 0 Å². The summed E-state index contributed by atoms with van der Waals surface area (Å²) in [6.45, 7) is 0. The zero-order valence-corrected chi connectivity index (χ0v) is 8.91. The SMILES string of the molecule is O=C(c1ccc(F)cn1)c1ccccc1Cl. The summed E-state index contributed by atoms with van der Waals surface area (Å²) in [6, 6.07) is 9.20. The Morgan fingerprint density at radius 1 is 1.19 bits per heavy atom. The molecule has 2 rings (SSSR count). The van der Waals surface area contributed by atoms with Crippen molar-refractivity contribution in [1.82, 2.24) is 4.98 Å². The Bertz CT molecular complexity index is 525. The molecule has 0 unspecified atom stereocenters. The van der Waals surface area contributed by atoms with Crippen LogP contribution in [0, 0.1) is 5.82 Å². The summed E-state index contributed by atoms with van der Waals surface area (Å²) < 4.78 is 12.6. The zero-order valence-electron chi connectivity index (χ0n) is 8.15. The van der Waals surface area contributed by atoms with Crippen LogP contribution < -0.4 is 0 Å². The van der Waals surface area contributed by atoms with Crippen molar-refractivity contribution in [3.05, 3.63) is 64.7 Å². The first-order valence-corrected chi connectivity index (χ1v) is 4.97. The predicted octanol–water partition coefficient (Wildman–Crippen LogP) is 3.11. The van der Waals surface area contributed by atoms with Gasteiger partial charge in [0.15, 0.2) is 0 Å². The third kappa shape index (κ3) is 2.09. The standard InChI is InChI=1S/C12H7ClFNO/c13-10-4-2-1-3-9(10)12(16)11-6-5-8(14)7-15-11/h1-7H. The number of carbonyl (C=O) groups is 1. The molecule has 0 saturated heterocycles. The molecule has 0 amide bonds. The zero-order chi connectivity index (χ0) is 11.5. The lowest BCUT2D eigenvalue weighted by Gasteiger charge is -2.02. The molecule has 1 aromatic heterocycles. The number of carbonyl (C=O) groups excluding carboxylic acids is 1. The van der Waals surface area contributed by atoms with Crippen molar-refractivity contribution in [1.29, 1.82) is 0 Å². The molecule has 0 saturated carbocycles. The van der Waals surface area contributed by atoms with Crippen LogP contribution in [-0.2, 0) is 0 Å².